The number of aromatic nitrogens is 4. The normalized spacial score (nSPS) is 11.0. The maximum absolute atomic E-state index is 5.43. The van der Waals surface area contributed by atoms with E-state index in [2.05, 4.69) is 44.3 Å². The Morgan fingerprint density at radius 1 is 0.833 bits per heavy atom. The largest absolute Gasteiger partial charge is 0.329 e. The lowest BCUT2D eigenvalue weighted by Crippen LogP contribution is -2.25. The maximum Gasteiger partial charge on any atom is 0.0535 e. The van der Waals surface area contributed by atoms with Crippen LogP contribution in [0.3, 0.4) is 0 Å². The number of nitrogens with zero attached hydrogens (tertiary/aromatic N) is 4. The molecule has 24 heavy (non-hydrogen) atoms. The minimum Gasteiger partial charge on any atom is -0.329 e. The van der Waals surface area contributed by atoms with Crippen molar-refractivity contribution < 1.29 is 0 Å². The topological polar surface area (TPSA) is 116 Å². The SMILES string of the molecule is Cc1[nH]ncc1CN(C)CCN.Cc1[nH]ncc1CN(C)CCN. The number of aryl methyl sites for hydroxylation is 2. The van der Waals surface area contributed by atoms with E-state index in [-0.39, 0.29) is 0 Å². The summed E-state index contributed by atoms with van der Waals surface area (Å²) in [7, 11) is 4.11. The average molecular weight is 336 g/mol. The Hall–Kier alpha value is -1.74. The van der Waals surface area contributed by atoms with Crippen molar-refractivity contribution >= 4 is 0 Å². The van der Waals surface area contributed by atoms with Gasteiger partial charge < -0.3 is 21.3 Å². The van der Waals surface area contributed by atoms with E-state index in [9.17, 15) is 0 Å². The summed E-state index contributed by atoms with van der Waals surface area (Å²) in [5, 5.41) is 13.7. The number of rotatable bonds is 8. The van der Waals surface area contributed by atoms with E-state index in [4.69, 9.17) is 11.5 Å². The summed E-state index contributed by atoms with van der Waals surface area (Å²) in [6.45, 7) is 9.13. The van der Waals surface area contributed by atoms with Crippen molar-refractivity contribution in [1.29, 1.82) is 0 Å². The molecule has 2 heterocycles. The fourth-order valence-electron chi connectivity index (χ4n) is 2.25. The van der Waals surface area contributed by atoms with E-state index in [0.717, 1.165) is 37.6 Å². The second-order valence-electron chi connectivity index (χ2n) is 6.09. The first-order valence-electron chi connectivity index (χ1n) is 8.22. The van der Waals surface area contributed by atoms with Crippen LogP contribution in [-0.4, -0.2) is 70.5 Å². The number of nitrogens with two attached hydrogens (primary N) is 2. The lowest BCUT2D eigenvalue weighted by Gasteiger charge is -2.14. The summed E-state index contributed by atoms with van der Waals surface area (Å²) in [6, 6.07) is 0. The molecule has 0 unspecified atom stereocenters. The Morgan fingerprint density at radius 2 is 1.21 bits per heavy atom. The molecular weight excluding hydrogens is 304 g/mol. The van der Waals surface area contributed by atoms with Gasteiger partial charge in [-0.05, 0) is 27.9 Å². The van der Waals surface area contributed by atoms with Crippen molar-refractivity contribution in [3.05, 3.63) is 34.9 Å². The molecule has 136 valence electrons. The molecule has 0 radical (unpaired) electrons. The van der Waals surface area contributed by atoms with Gasteiger partial charge in [0, 0.05) is 61.8 Å². The molecule has 0 spiro atoms. The molecule has 0 aliphatic heterocycles. The molecule has 0 bridgehead atoms. The molecule has 8 nitrogen and oxygen atoms in total. The number of hydrogen-bond donors (Lipinski definition) is 4. The van der Waals surface area contributed by atoms with Gasteiger partial charge in [-0.15, -0.1) is 0 Å². The van der Waals surface area contributed by atoms with Crippen LogP contribution in [0.25, 0.3) is 0 Å². The third kappa shape index (κ3) is 7.22. The van der Waals surface area contributed by atoms with Crippen LogP contribution in [0.2, 0.25) is 0 Å². The molecular formula is C16H32N8. The van der Waals surface area contributed by atoms with Crippen molar-refractivity contribution in [1.82, 2.24) is 30.2 Å². The van der Waals surface area contributed by atoms with Gasteiger partial charge in [0.2, 0.25) is 0 Å². The highest BCUT2D eigenvalue weighted by molar-refractivity contribution is 5.14. The van der Waals surface area contributed by atoms with Crippen LogP contribution in [-0.2, 0) is 13.1 Å². The van der Waals surface area contributed by atoms with Crippen LogP contribution in [0.4, 0.5) is 0 Å². The van der Waals surface area contributed by atoms with Gasteiger partial charge in [-0.25, -0.2) is 0 Å². The van der Waals surface area contributed by atoms with Crippen LogP contribution in [0.15, 0.2) is 12.4 Å². The molecule has 6 N–H and O–H groups in total. The standard InChI is InChI=1S/2C8H16N4/c2*1-7-8(5-10-11-7)6-12(2)4-3-9/h2*5H,3-4,6,9H2,1-2H3,(H,10,11). The van der Waals surface area contributed by atoms with Crippen molar-refractivity contribution in [3.8, 4) is 0 Å². The molecule has 2 aromatic rings. The zero-order valence-corrected chi connectivity index (χ0v) is 15.3. The first kappa shape index (κ1) is 20.3. The van der Waals surface area contributed by atoms with Crippen LogP contribution >= 0.6 is 0 Å². The van der Waals surface area contributed by atoms with E-state index >= 15 is 0 Å². The fourth-order valence-corrected chi connectivity index (χ4v) is 2.25. The van der Waals surface area contributed by atoms with Gasteiger partial charge in [0.05, 0.1) is 12.4 Å². The lowest BCUT2D eigenvalue weighted by molar-refractivity contribution is 0.335. The third-order valence-electron chi connectivity index (χ3n) is 3.77. The molecule has 0 amide bonds. The van der Waals surface area contributed by atoms with Crippen molar-refractivity contribution in [2.45, 2.75) is 26.9 Å². The smallest absolute Gasteiger partial charge is 0.0535 e. The van der Waals surface area contributed by atoms with Crippen molar-refractivity contribution in [3.63, 3.8) is 0 Å². The molecule has 0 aliphatic carbocycles. The minimum absolute atomic E-state index is 0.702. The third-order valence-corrected chi connectivity index (χ3v) is 3.77. The Labute approximate surface area is 144 Å². The zero-order valence-electron chi connectivity index (χ0n) is 15.3. The van der Waals surface area contributed by atoms with Crippen LogP contribution in [0.1, 0.15) is 22.5 Å². The molecule has 0 aliphatic rings. The second-order valence-corrected chi connectivity index (χ2v) is 6.09. The van der Waals surface area contributed by atoms with Crippen LogP contribution in [0, 0.1) is 13.8 Å². The van der Waals surface area contributed by atoms with Crippen molar-refractivity contribution in [2.75, 3.05) is 40.3 Å². The Balaban J connectivity index is 0.000000240. The van der Waals surface area contributed by atoms with Crippen LogP contribution in [0.5, 0.6) is 0 Å². The summed E-state index contributed by atoms with van der Waals surface area (Å²) in [5.41, 5.74) is 15.6. The molecule has 2 aromatic heterocycles. The first-order chi connectivity index (χ1) is 11.5. The quantitative estimate of drug-likeness (QED) is 0.548. The highest BCUT2D eigenvalue weighted by atomic mass is 15.1. The van der Waals surface area contributed by atoms with Gasteiger partial charge >= 0.3 is 0 Å². The molecule has 8 heteroatoms. The fraction of sp³-hybridized carbons (Fsp3) is 0.625. The number of nitrogens with one attached hydrogen (secondary N) is 2. The highest BCUT2D eigenvalue weighted by Crippen LogP contribution is 2.05. The van der Waals surface area contributed by atoms with Gasteiger partial charge in [0.15, 0.2) is 0 Å². The number of likely N-dealkylation sites (N-methyl/N-ethyl adjacent to an activating group) is 2. The Morgan fingerprint density at radius 3 is 1.46 bits per heavy atom. The number of aromatic amines is 2. The molecule has 0 saturated heterocycles. The van der Waals surface area contributed by atoms with E-state index < -0.39 is 0 Å². The molecule has 2 rings (SSSR count). The van der Waals surface area contributed by atoms with Gasteiger partial charge in [-0.2, -0.15) is 10.2 Å². The highest BCUT2D eigenvalue weighted by Gasteiger charge is 2.03. The molecule has 0 saturated carbocycles. The van der Waals surface area contributed by atoms with Crippen molar-refractivity contribution in [2.24, 2.45) is 11.5 Å². The summed E-state index contributed by atoms with van der Waals surface area (Å²) in [5.74, 6) is 0. The molecule has 0 aromatic carbocycles. The van der Waals surface area contributed by atoms with E-state index in [0.29, 0.717) is 13.1 Å². The Kier molecular flexibility index (Phi) is 9.24. The first-order valence-corrected chi connectivity index (χ1v) is 8.22. The number of hydrogen-bond acceptors (Lipinski definition) is 6. The van der Waals surface area contributed by atoms with Gasteiger partial charge in [-0.3, -0.25) is 10.2 Å². The zero-order chi connectivity index (χ0) is 17.9. The van der Waals surface area contributed by atoms with Crippen LogP contribution < -0.4 is 11.5 Å². The van der Waals surface area contributed by atoms with Gasteiger partial charge in [0.25, 0.3) is 0 Å². The summed E-state index contributed by atoms with van der Waals surface area (Å²) >= 11 is 0. The summed E-state index contributed by atoms with van der Waals surface area (Å²) in [6.07, 6.45) is 3.73. The van der Waals surface area contributed by atoms with Gasteiger partial charge in [0.1, 0.15) is 0 Å². The van der Waals surface area contributed by atoms with E-state index in [1.807, 2.05) is 26.2 Å². The van der Waals surface area contributed by atoms with Gasteiger partial charge in [-0.1, -0.05) is 0 Å². The van der Waals surface area contributed by atoms with E-state index in [1.165, 1.54) is 11.1 Å². The number of H-pyrrole nitrogens is 2. The average Bonchev–Trinajstić information content (AvgIpc) is 3.10. The Bertz CT molecular complexity index is 512. The minimum atomic E-state index is 0.702. The summed E-state index contributed by atoms with van der Waals surface area (Å²) in [4.78, 5) is 4.36. The summed E-state index contributed by atoms with van der Waals surface area (Å²) < 4.78 is 0. The second kappa shape index (κ2) is 10.9. The molecule has 0 atom stereocenters. The maximum atomic E-state index is 5.43. The lowest BCUT2D eigenvalue weighted by atomic mass is 10.2. The van der Waals surface area contributed by atoms with E-state index in [1.54, 1.807) is 0 Å². The predicted molar refractivity (Wildman–Crippen MR) is 97.4 cm³/mol. The predicted octanol–water partition coefficient (Wildman–Crippen LogP) is 0.217. The monoisotopic (exact) mass is 336 g/mol. The molecule has 0 fully saturated rings.